The zero-order chi connectivity index (χ0) is 17.2. The summed E-state index contributed by atoms with van der Waals surface area (Å²) in [5.41, 5.74) is 1.37. The lowest BCUT2D eigenvalue weighted by atomic mass is 10.0. The molecule has 1 aliphatic heterocycles. The number of rotatable bonds is 3. The van der Waals surface area contributed by atoms with Crippen LogP contribution in [0.3, 0.4) is 0 Å². The molecule has 128 valence electrons. The number of hydrogen-bond donors (Lipinski definition) is 0. The Morgan fingerprint density at radius 1 is 1.16 bits per heavy atom. The average Bonchev–Trinajstić information content (AvgIpc) is 3.31. The van der Waals surface area contributed by atoms with E-state index in [-0.39, 0.29) is 11.9 Å². The lowest BCUT2D eigenvalue weighted by molar-refractivity contribution is 0.0561. The molecule has 1 aliphatic rings. The molecule has 1 unspecified atom stereocenters. The van der Waals surface area contributed by atoms with Crippen LogP contribution in [0.1, 0.15) is 41.7 Å². The quantitative estimate of drug-likeness (QED) is 0.727. The molecule has 8 heteroatoms. The first-order chi connectivity index (χ1) is 12.2. The molecule has 0 N–H and O–H groups in total. The fourth-order valence-electron chi connectivity index (χ4n) is 3.14. The van der Waals surface area contributed by atoms with Crippen molar-refractivity contribution in [3.05, 3.63) is 48.4 Å². The van der Waals surface area contributed by atoms with Gasteiger partial charge < -0.3 is 9.32 Å². The molecule has 4 heterocycles. The van der Waals surface area contributed by atoms with Crippen LogP contribution in [0.5, 0.6) is 0 Å². The van der Waals surface area contributed by atoms with Gasteiger partial charge in [0.25, 0.3) is 5.91 Å². The first-order valence-electron chi connectivity index (χ1n) is 8.27. The molecular weight excluding hydrogens is 320 g/mol. The standard InChI is InChI=1S/C17H18N6O2/c1-22-14(7-10-19-22)17(24)23-11-3-2-4-13(23)16-21-20-15(25-16)12-5-8-18-9-6-12/h5-10,13H,2-4,11H2,1H3. The van der Waals surface area contributed by atoms with Crippen molar-refractivity contribution in [2.45, 2.75) is 25.3 Å². The number of aromatic nitrogens is 5. The second-order valence-electron chi connectivity index (χ2n) is 6.03. The maximum Gasteiger partial charge on any atom is 0.272 e. The van der Waals surface area contributed by atoms with Gasteiger partial charge in [0.2, 0.25) is 11.8 Å². The third-order valence-electron chi connectivity index (χ3n) is 4.46. The van der Waals surface area contributed by atoms with Gasteiger partial charge in [-0.3, -0.25) is 14.5 Å². The van der Waals surface area contributed by atoms with Gasteiger partial charge in [-0.2, -0.15) is 5.10 Å². The molecule has 4 rings (SSSR count). The van der Waals surface area contributed by atoms with E-state index in [4.69, 9.17) is 4.42 Å². The topological polar surface area (TPSA) is 89.9 Å². The van der Waals surface area contributed by atoms with Crippen molar-refractivity contribution in [2.24, 2.45) is 7.05 Å². The highest BCUT2D eigenvalue weighted by Gasteiger charge is 2.33. The predicted octanol–water partition coefficient (Wildman–Crippen LogP) is 2.23. The highest BCUT2D eigenvalue weighted by molar-refractivity contribution is 5.92. The van der Waals surface area contributed by atoms with Gasteiger partial charge in [-0.1, -0.05) is 0 Å². The monoisotopic (exact) mass is 338 g/mol. The second-order valence-corrected chi connectivity index (χ2v) is 6.03. The van der Waals surface area contributed by atoms with Crippen LogP contribution in [-0.2, 0) is 7.05 Å². The fraction of sp³-hybridized carbons (Fsp3) is 0.353. The molecule has 0 aromatic carbocycles. The summed E-state index contributed by atoms with van der Waals surface area (Å²) in [6.07, 6.45) is 7.77. The van der Waals surface area contributed by atoms with Gasteiger partial charge in [0.15, 0.2) is 0 Å². The lowest BCUT2D eigenvalue weighted by Crippen LogP contribution is -2.39. The first kappa shape index (κ1) is 15.5. The van der Waals surface area contributed by atoms with Crippen molar-refractivity contribution in [2.75, 3.05) is 6.54 Å². The molecule has 1 amide bonds. The Morgan fingerprint density at radius 2 is 2.00 bits per heavy atom. The largest absolute Gasteiger partial charge is 0.418 e. The maximum atomic E-state index is 12.9. The summed E-state index contributed by atoms with van der Waals surface area (Å²) >= 11 is 0. The maximum absolute atomic E-state index is 12.9. The minimum Gasteiger partial charge on any atom is -0.418 e. The zero-order valence-electron chi connectivity index (χ0n) is 13.9. The lowest BCUT2D eigenvalue weighted by Gasteiger charge is -2.33. The molecule has 0 bridgehead atoms. The third kappa shape index (κ3) is 2.90. The minimum absolute atomic E-state index is 0.0617. The Balaban J connectivity index is 1.63. The molecule has 0 aliphatic carbocycles. The Bertz CT molecular complexity index is 872. The highest BCUT2D eigenvalue weighted by atomic mass is 16.4. The third-order valence-corrected chi connectivity index (χ3v) is 4.46. The van der Waals surface area contributed by atoms with E-state index in [9.17, 15) is 4.79 Å². The molecule has 0 saturated carbocycles. The first-order valence-corrected chi connectivity index (χ1v) is 8.27. The molecule has 25 heavy (non-hydrogen) atoms. The van der Waals surface area contributed by atoms with Crippen molar-refractivity contribution < 1.29 is 9.21 Å². The predicted molar refractivity (Wildman–Crippen MR) is 88.4 cm³/mol. The van der Waals surface area contributed by atoms with Gasteiger partial charge in [-0.15, -0.1) is 10.2 Å². The number of likely N-dealkylation sites (tertiary alicyclic amines) is 1. The van der Waals surface area contributed by atoms with Crippen molar-refractivity contribution in [3.8, 4) is 11.5 Å². The van der Waals surface area contributed by atoms with Crippen LogP contribution < -0.4 is 0 Å². The summed E-state index contributed by atoms with van der Waals surface area (Å²) in [6, 6.07) is 5.15. The van der Waals surface area contributed by atoms with E-state index in [1.54, 1.807) is 36.4 Å². The van der Waals surface area contributed by atoms with E-state index in [0.29, 0.717) is 24.0 Å². The van der Waals surface area contributed by atoms with Gasteiger partial charge in [0.1, 0.15) is 11.7 Å². The van der Waals surface area contributed by atoms with E-state index in [1.165, 1.54) is 0 Å². The van der Waals surface area contributed by atoms with Gasteiger partial charge >= 0.3 is 0 Å². The Morgan fingerprint density at radius 3 is 2.76 bits per heavy atom. The molecular formula is C17H18N6O2. The summed E-state index contributed by atoms with van der Waals surface area (Å²) < 4.78 is 7.46. The zero-order valence-corrected chi connectivity index (χ0v) is 13.9. The van der Waals surface area contributed by atoms with Crippen LogP contribution in [0.4, 0.5) is 0 Å². The number of carbonyl (C=O) groups is 1. The normalized spacial score (nSPS) is 17.6. The number of nitrogens with zero attached hydrogens (tertiary/aromatic N) is 6. The smallest absolute Gasteiger partial charge is 0.272 e. The van der Waals surface area contributed by atoms with Crippen LogP contribution in [0.25, 0.3) is 11.5 Å². The highest BCUT2D eigenvalue weighted by Crippen LogP contribution is 2.32. The Kier molecular flexibility index (Phi) is 4.01. The summed E-state index contributed by atoms with van der Waals surface area (Å²) in [4.78, 5) is 18.7. The second kappa shape index (κ2) is 6.46. The number of carbonyl (C=O) groups excluding carboxylic acids is 1. The molecule has 0 spiro atoms. The molecule has 3 aromatic heterocycles. The van der Waals surface area contributed by atoms with Gasteiger partial charge in [0.05, 0.1) is 0 Å². The van der Waals surface area contributed by atoms with Crippen molar-refractivity contribution in [1.29, 1.82) is 0 Å². The molecule has 0 radical (unpaired) electrons. The van der Waals surface area contributed by atoms with Crippen LogP contribution in [-0.4, -0.2) is 42.3 Å². The van der Waals surface area contributed by atoms with Crippen LogP contribution >= 0.6 is 0 Å². The van der Waals surface area contributed by atoms with E-state index >= 15 is 0 Å². The van der Waals surface area contributed by atoms with Crippen LogP contribution in [0.2, 0.25) is 0 Å². The van der Waals surface area contributed by atoms with Crippen molar-refractivity contribution in [3.63, 3.8) is 0 Å². The van der Waals surface area contributed by atoms with E-state index in [1.807, 2.05) is 17.0 Å². The van der Waals surface area contributed by atoms with Gasteiger partial charge in [-0.25, -0.2) is 0 Å². The van der Waals surface area contributed by atoms with E-state index in [2.05, 4.69) is 20.3 Å². The molecule has 1 fully saturated rings. The Hall–Kier alpha value is -3.03. The number of amides is 1. The summed E-state index contributed by atoms with van der Waals surface area (Å²) in [7, 11) is 1.76. The molecule has 8 nitrogen and oxygen atoms in total. The van der Waals surface area contributed by atoms with E-state index in [0.717, 1.165) is 24.8 Å². The molecule has 1 saturated heterocycles. The number of hydrogen-bond acceptors (Lipinski definition) is 6. The van der Waals surface area contributed by atoms with Crippen LogP contribution in [0, 0.1) is 0 Å². The number of pyridine rings is 1. The summed E-state index contributed by atoms with van der Waals surface area (Å²) in [6.45, 7) is 0.668. The van der Waals surface area contributed by atoms with Gasteiger partial charge in [0, 0.05) is 37.7 Å². The van der Waals surface area contributed by atoms with Crippen molar-refractivity contribution >= 4 is 5.91 Å². The number of aryl methyl sites for hydroxylation is 1. The Labute approximate surface area is 144 Å². The summed E-state index contributed by atoms with van der Waals surface area (Å²) in [5.74, 6) is 0.853. The summed E-state index contributed by atoms with van der Waals surface area (Å²) in [5, 5.41) is 12.4. The van der Waals surface area contributed by atoms with Gasteiger partial charge in [-0.05, 0) is 37.5 Å². The van der Waals surface area contributed by atoms with Crippen molar-refractivity contribution in [1.82, 2.24) is 29.9 Å². The molecule has 3 aromatic rings. The molecule has 1 atom stereocenters. The average molecular weight is 338 g/mol. The SMILES string of the molecule is Cn1nccc1C(=O)N1CCCCC1c1nnc(-c2ccncc2)o1. The number of piperidine rings is 1. The van der Waals surface area contributed by atoms with Crippen LogP contribution in [0.15, 0.2) is 41.2 Å². The minimum atomic E-state index is -0.209. The van der Waals surface area contributed by atoms with E-state index < -0.39 is 0 Å². The fourth-order valence-corrected chi connectivity index (χ4v) is 3.14.